The van der Waals surface area contributed by atoms with Crippen molar-refractivity contribution < 1.29 is 23.7 Å². The first-order chi connectivity index (χ1) is 3.39. The number of hydrogen-bond acceptors (Lipinski definition) is 1. The molecule has 0 unspecified atom stereocenters. The van der Waals surface area contributed by atoms with E-state index in [1.165, 1.54) is 0 Å². The molecule has 0 atom stereocenters. The van der Waals surface area contributed by atoms with Crippen LogP contribution in [-0.4, -0.2) is 5.11 Å². The van der Waals surface area contributed by atoms with Crippen molar-refractivity contribution in [2.75, 3.05) is 0 Å². The Hall–Kier alpha value is 0.474. The van der Waals surface area contributed by atoms with E-state index in [-0.39, 0.29) is 55.8 Å². The summed E-state index contributed by atoms with van der Waals surface area (Å²) in [6, 6.07) is 8.71. The second-order valence-corrected chi connectivity index (χ2v) is 1.34. The second-order valence-electron chi connectivity index (χ2n) is 1.34. The van der Waals surface area contributed by atoms with Crippen molar-refractivity contribution in [2.24, 2.45) is 0 Å². The third-order valence-corrected chi connectivity index (χ3v) is 0.756. The molecular weight excluding hydrogens is 245 g/mol. The number of hydrogen-bond donors (Lipinski definition) is 1. The molecular formula is C6H9Cl3OV. The van der Waals surface area contributed by atoms with Gasteiger partial charge in [-0.25, -0.2) is 0 Å². The summed E-state index contributed by atoms with van der Waals surface area (Å²) in [6.07, 6.45) is 0. The smallest absolute Gasteiger partial charge is 0.115 e. The Bertz CT molecular complexity index is 148. The van der Waals surface area contributed by atoms with Crippen LogP contribution in [0.3, 0.4) is 0 Å². The first-order valence-corrected chi connectivity index (χ1v) is 2.13. The van der Waals surface area contributed by atoms with Gasteiger partial charge >= 0.3 is 0 Å². The molecule has 1 aromatic rings. The SMILES string of the molecule is Cl.Cl.Cl.Oc1ccccc1.[V]. The summed E-state index contributed by atoms with van der Waals surface area (Å²) >= 11 is 0. The molecule has 0 aromatic heterocycles. The molecule has 5 heteroatoms. The number of rotatable bonds is 0. The van der Waals surface area contributed by atoms with Gasteiger partial charge in [-0.3, -0.25) is 0 Å². The largest absolute Gasteiger partial charge is 0.508 e. The predicted molar refractivity (Wildman–Crippen MR) is 49.9 cm³/mol. The third-order valence-electron chi connectivity index (χ3n) is 0.756. The Morgan fingerprint density at radius 2 is 1.18 bits per heavy atom. The molecule has 0 spiro atoms. The molecule has 11 heavy (non-hydrogen) atoms. The van der Waals surface area contributed by atoms with E-state index in [9.17, 15) is 0 Å². The van der Waals surface area contributed by atoms with E-state index >= 15 is 0 Å². The maximum atomic E-state index is 8.63. The van der Waals surface area contributed by atoms with Gasteiger partial charge in [-0.05, 0) is 12.1 Å². The van der Waals surface area contributed by atoms with Crippen LogP contribution >= 0.6 is 37.2 Å². The van der Waals surface area contributed by atoms with E-state index in [2.05, 4.69) is 0 Å². The van der Waals surface area contributed by atoms with Crippen LogP contribution in [-0.2, 0) is 18.6 Å². The average Bonchev–Trinajstić information content (AvgIpc) is 1.69. The summed E-state index contributed by atoms with van der Waals surface area (Å²) in [4.78, 5) is 0. The number of aromatic hydroxyl groups is 1. The molecule has 65 valence electrons. The minimum Gasteiger partial charge on any atom is -0.508 e. The summed E-state index contributed by atoms with van der Waals surface area (Å²) in [5, 5.41) is 8.63. The van der Waals surface area contributed by atoms with Crippen LogP contribution in [0.1, 0.15) is 0 Å². The Morgan fingerprint density at radius 3 is 1.36 bits per heavy atom. The summed E-state index contributed by atoms with van der Waals surface area (Å²) in [6.45, 7) is 0. The standard InChI is InChI=1S/C6H6O.3ClH.V/c7-6-4-2-1-3-5-6;;;;/h1-5,7H;3*1H;. The van der Waals surface area contributed by atoms with Crippen molar-refractivity contribution >= 4 is 37.2 Å². The van der Waals surface area contributed by atoms with Crippen LogP contribution in [0.25, 0.3) is 0 Å². The van der Waals surface area contributed by atoms with Crippen LogP contribution in [0.4, 0.5) is 0 Å². The Labute approximate surface area is 96.7 Å². The van der Waals surface area contributed by atoms with E-state index in [1.807, 2.05) is 6.07 Å². The number of phenolic OH excluding ortho intramolecular Hbond substituents is 1. The normalized spacial score (nSPS) is 5.45. The molecule has 1 radical (unpaired) electrons. The first-order valence-electron chi connectivity index (χ1n) is 2.13. The minimum absolute atomic E-state index is 0. The molecule has 0 aliphatic rings. The van der Waals surface area contributed by atoms with Crippen LogP contribution in [0.2, 0.25) is 0 Å². The van der Waals surface area contributed by atoms with Crippen molar-refractivity contribution in [3.63, 3.8) is 0 Å². The van der Waals surface area contributed by atoms with E-state index < -0.39 is 0 Å². The monoisotopic (exact) mass is 253 g/mol. The van der Waals surface area contributed by atoms with Crippen LogP contribution in [0, 0.1) is 0 Å². The maximum absolute atomic E-state index is 8.63. The van der Waals surface area contributed by atoms with Gasteiger partial charge in [-0.1, -0.05) is 18.2 Å². The molecule has 0 heterocycles. The molecule has 0 bridgehead atoms. The van der Waals surface area contributed by atoms with E-state index in [1.54, 1.807) is 24.3 Å². The zero-order chi connectivity index (χ0) is 5.11. The van der Waals surface area contributed by atoms with E-state index in [4.69, 9.17) is 5.11 Å². The van der Waals surface area contributed by atoms with Crippen LogP contribution in [0.5, 0.6) is 5.75 Å². The Kier molecular flexibility index (Phi) is 26.8. The fourth-order valence-corrected chi connectivity index (χ4v) is 0.428. The Balaban J connectivity index is -0.0000000612. The number of benzene rings is 1. The summed E-state index contributed by atoms with van der Waals surface area (Å²) in [5.41, 5.74) is 0. The molecule has 1 aromatic carbocycles. The topological polar surface area (TPSA) is 20.2 Å². The first kappa shape index (κ1) is 22.5. The van der Waals surface area contributed by atoms with Gasteiger partial charge in [0.15, 0.2) is 0 Å². The Morgan fingerprint density at radius 1 is 0.818 bits per heavy atom. The number of para-hydroxylation sites is 1. The fraction of sp³-hybridized carbons (Fsp3) is 0. The van der Waals surface area contributed by atoms with Gasteiger partial charge in [0.1, 0.15) is 5.75 Å². The molecule has 1 N–H and O–H groups in total. The second kappa shape index (κ2) is 13.1. The van der Waals surface area contributed by atoms with Gasteiger partial charge in [0.25, 0.3) is 0 Å². The minimum atomic E-state index is 0. The molecule has 0 aliphatic heterocycles. The summed E-state index contributed by atoms with van der Waals surface area (Å²) < 4.78 is 0. The van der Waals surface area contributed by atoms with E-state index in [0.717, 1.165) is 0 Å². The zero-order valence-electron chi connectivity index (χ0n) is 5.51. The molecule has 0 aliphatic carbocycles. The third kappa shape index (κ3) is 10.5. The van der Waals surface area contributed by atoms with Gasteiger partial charge in [-0.15, -0.1) is 37.2 Å². The van der Waals surface area contributed by atoms with Gasteiger partial charge in [0.2, 0.25) is 0 Å². The van der Waals surface area contributed by atoms with Crippen molar-refractivity contribution in [3.8, 4) is 5.75 Å². The van der Waals surface area contributed by atoms with Crippen molar-refractivity contribution in [2.45, 2.75) is 0 Å². The van der Waals surface area contributed by atoms with Crippen molar-refractivity contribution in [1.82, 2.24) is 0 Å². The summed E-state index contributed by atoms with van der Waals surface area (Å²) in [5.74, 6) is 0.322. The van der Waals surface area contributed by atoms with Crippen molar-refractivity contribution in [3.05, 3.63) is 30.3 Å². The fourth-order valence-electron chi connectivity index (χ4n) is 0.428. The zero-order valence-corrected chi connectivity index (χ0v) is 9.35. The quantitative estimate of drug-likeness (QED) is 0.754. The number of phenols is 1. The van der Waals surface area contributed by atoms with E-state index in [0.29, 0.717) is 5.75 Å². The van der Waals surface area contributed by atoms with Crippen molar-refractivity contribution in [1.29, 1.82) is 0 Å². The molecule has 1 nitrogen and oxygen atoms in total. The molecule has 0 fully saturated rings. The molecule has 0 saturated carbocycles. The molecule has 0 saturated heterocycles. The van der Waals surface area contributed by atoms with Gasteiger partial charge < -0.3 is 5.11 Å². The van der Waals surface area contributed by atoms with Gasteiger partial charge in [0.05, 0.1) is 0 Å². The molecule has 1 rings (SSSR count). The maximum Gasteiger partial charge on any atom is 0.115 e. The van der Waals surface area contributed by atoms with Gasteiger partial charge in [-0.2, -0.15) is 0 Å². The van der Waals surface area contributed by atoms with Gasteiger partial charge in [0, 0.05) is 18.6 Å². The summed E-state index contributed by atoms with van der Waals surface area (Å²) in [7, 11) is 0. The average molecular weight is 254 g/mol. The predicted octanol–water partition coefficient (Wildman–Crippen LogP) is 2.66. The van der Waals surface area contributed by atoms with Crippen LogP contribution < -0.4 is 0 Å². The number of halogens is 3. The molecule has 0 amide bonds. The van der Waals surface area contributed by atoms with Crippen LogP contribution in [0.15, 0.2) is 30.3 Å².